The zero-order valence-corrected chi connectivity index (χ0v) is 42.5. The lowest BCUT2D eigenvalue weighted by Gasteiger charge is -2.18. The van der Waals surface area contributed by atoms with Gasteiger partial charge in [-0.15, -0.1) is 0 Å². The average Bonchev–Trinajstić information content (AvgIpc) is 4.28. The van der Waals surface area contributed by atoms with Gasteiger partial charge in [-0.1, -0.05) is 167 Å². The molecule has 0 heterocycles. The maximum atomic E-state index is 12.7. The van der Waals surface area contributed by atoms with Crippen LogP contribution < -0.4 is 0 Å². The van der Waals surface area contributed by atoms with Crippen LogP contribution in [0.2, 0.25) is 0 Å². The largest absolute Gasteiger partial charge is 0.462 e. The van der Waals surface area contributed by atoms with Crippen molar-refractivity contribution in [1.82, 2.24) is 4.90 Å². The second kappa shape index (κ2) is 35.4. The molecule has 0 saturated heterocycles. The number of hydrogen-bond acceptors (Lipinski definition) is 6. The summed E-state index contributed by atoms with van der Waals surface area (Å²) >= 11 is 0. The van der Waals surface area contributed by atoms with Crippen molar-refractivity contribution in [2.24, 2.45) is 10.8 Å². The van der Waals surface area contributed by atoms with Gasteiger partial charge in [-0.25, -0.2) is 0 Å². The molecule has 2 aromatic carbocycles. The van der Waals surface area contributed by atoms with E-state index in [-0.39, 0.29) is 23.5 Å². The van der Waals surface area contributed by atoms with E-state index >= 15 is 0 Å². The van der Waals surface area contributed by atoms with Gasteiger partial charge < -0.3 is 19.1 Å². The molecular formula is C61H93NO5. The molecule has 372 valence electrons. The quantitative estimate of drug-likeness (QED) is 0.0376. The normalized spacial score (nSPS) is 15.6. The zero-order valence-electron chi connectivity index (χ0n) is 42.5. The minimum Gasteiger partial charge on any atom is -0.462 e. The summed E-state index contributed by atoms with van der Waals surface area (Å²) < 4.78 is 17.3. The van der Waals surface area contributed by atoms with Crippen LogP contribution in [0.3, 0.4) is 0 Å². The van der Waals surface area contributed by atoms with Crippen molar-refractivity contribution in [1.29, 1.82) is 0 Å². The minimum atomic E-state index is -0.102. The van der Waals surface area contributed by atoms with Crippen molar-refractivity contribution in [3.63, 3.8) is 0 Å². The number of benzene rings is 2. The molecule has 0 radical (unpaired) electrons. The molecule has 0 aliphatic heterocycles. The maximum Gasteiger partial charge on any atom is 0.306 e. The predicted molar refractivity (Wildman–Crippen MR) is 281 cm³/mol. The van der Waals surface area contributed by atoms with Gasteiger partial charge in [-0.05, 0) is 154 Å². The number of rotatable bonds is 42. The molecule has 0 spiro atoms. The van der Waals surface area contributed by atoms with Gasteiger partial charge in [-0.2, -0.15) is 0 Å². The predicted octanol–water partition coefficient (Wildman–Crippen LogP) is 16.3. The van der Waals surface area contributed by atoms with E-state index in [4.69, 9.17) is 14.2 Å². The Bertz CT molecular complexity index is 1670. The highest BCUT2D eigenvalue weighted by Crippen LogP contribution is 2.49. The van der Waals surface area contributed by atoms with Crippen LogP contribution in [-0.2, 0) is 37.0 Å². The Morgan fingerprint density at radius 3 is 1.40 bits per heavy atom. The van der Waals surface area contributed by atoms with Crippen molar-refractivity contribution >= 4 is 11.9 Å². The molecule has 6 heteroatoms. The summed E-state index contributed by atoms with van der Waals surface area (Å²) in [5.74, 6) is -0.111. The highest BCUT2D eigenvalue weighted by atomic mass is 16.5. The highest BCUT2D eigenvalue weighted by molar-refractivity contribution is 5.69. The van der Waals surface area contributed by atoms with Gasteiger partial charge in [0.1, 0.15) is 12.7 Å². The molecule has 2 aliphatic carbocycles. The Morgan fingerprint density at radius 1 is 0.507 bits per heavy atom. The minimum absolute atomic E-state index is 0.00917. The van der Waals surface area contributed by atoms with Crippen LogP contribution in [0.4, 0.5) is 0 Å². The van der Waals surface area contributed by atoms with Gasteiger partial charge in [0.05, 0.1) is 6.61 Å². The topological polar surface area (TPSA) is 65.1 Å². The SMILES string of the molecule is CN(C)CCCC(=O)OC(CCCCCCCCC=CC1(C=CCCCCCOCc2ccccc2)CC1)CCCCCCCCC=CC1(C=CCCCCC(=O)OCc2ccccc2)CC1. The van der Waals surface area contributed by atoms with E-state index in [2.05, 4.69) is 91.9 Å². The fourth-order valence-corrected chi connectivity index (χ4v) is 8.82. The summed E-state index contributed by atoms with van der Waals surface area (Å²) in [6, 6.07) is 20.3. The Hall–Kier alpha value is -3.74. The number of carbonyl (C=O) groups is 2. The first kappa shape index (κ1) is 55.9. The van der Waals surface area contributed by atoms with E-state index in [1.54, 1.807) is 0 Å². The monoisotopic (exact) mass is 920 g/mol. The third-order valence-corrected chi connectivity index (χ3v) is 13.5. The third kappa shape index (κ3) is 29.0. The molecule has 6 nitrogen and oxygen atoms in total. The number of hydrogen-bond donors (Lipinski definition) is 0. The average molecular weight is 920 g/mol. The van der Waals surface area contributed by atoms with Crippen LogP contribution in [0.1, 0.15) is 204 Å². The maximum absolute atomic E-state index is 12.7. The summed E-state index contributed by atoms with van der Waals surface area (Å²) in [4.78, 5) is 26.9. The molecule has 0 amide bonds. The number of esters is 2. The summed E-state index contributed by atoms with van der Waals surface area (Å²) in [6.07, 6.45) is 53.7. The fraction of sp³-hybridized carbons (Fsp3) is 0.639. The Balaban J connectivity index is 0.958. The van der Waals surface area contributed by atoms with Crippen LogP contribution in [0, 0.1) is 10.8 Å². The molecule has 0 N–H and O–H groups in total. The lowest BCUT2D eigenvalue weighted by atomic mass is 10.0. The van der Waals surface area contributed by atoms with E-state index in [0.717, 1.165) is 89.5 Å². The molecule has 67 heavy (non-hydrogen) atoms. The Morgan fingerprint density at radius 2 is 0.925 bits per heavy atom. The first-order valence-electron chi connectivity index (χ1n) is 27.2. The van der Waals surface area contributed by atoms with E-state index in [1.165, 1.54) is 121 Å². The van der Waals surface area contributed by atoms with Gasteiger partial charge in [0, 0.05) is 30.3 Å². The molecule has 2 aliphatic rings. The van der Waals surface area contributed by atoms with Gasteiger partial charge in [0.2, 0.25) is 0 Å². The lowest BCUT2D eigenvalue weighted by Crippen LogP contribution is -2.20. The molecule has 0 bridgehead atoms. The zero-order chi connectivity index (χ0) is 47.4. The van der Waals surface area contributed by atoms with Crippen molar-refractivity contribution in [3.05, 3.63) is 120 Å². The van der Waals surface area contributed by atoms with Crippen molar-refractivity contribution in [2.45, 2.75) is 212 Å². The molecule has 2 saturated carbocycles. The molecule has 2 fully saturated rings. The smallest absolute Gasteiger partial charge is 0.306 e. The lowest BCUT2D eigenvalue weighted by molar-refractivity contribution is -0.150. The molecule has 1 unspecified atom stereocenters. The summed E-state index contributed by atoms with van der Waals surface area (Å²) in [6.45, 7) is 2.86. The number of unbranched alkanes of at least 4 members (excludes halogenated alkanes) is 17. The van der Waals surface area contributed by atoms with Crippen molar-refractivity contribution < 1.29 is 23.8 Å². The molecule has 4 rings (SSSR count). The van der Waals surface area contributed by atoms with Crippen LogP contribution in [0.15, 0.2) is 109 Å². The summed E-state index contributed by atoms with van der Waals surface area (Å²) in [5.41, 5.74) is 2.93. The third-order valence-electron chi connectivity index (χ3n) is 13.5. The van der Waals surface area contributed by atoms with Gasteiger partial charge >= 0.3 is 11.9 Å². The second-order valence-corrected chi connectivity index (χ2v) is 20.3. The van der Waals surface area contributed by atoms with Gasteiger partial charge in [0.25, 0.3) is 0 Å². The number of carbonyl (C=O) groups excluding carboxylic acids is 2. The standard InChI is InChI=1S/C61H93NO5/c1-62(2)51-34-42-59(64)67-57(39-26-12-7-3-5-9-15-29-43-60(47-48-60)45-31-17-11-19-33-52-65-53-55-35-22-20-23-36-55)40-27-13-8-4-6-10-16-30-44-61(49-50-61)46-32-18-14-28-41-58(63)66-54-56-37-24-21-25-38-56/h20-25,29-32,35-38,43-46,57H,3-19,26-28,33-34,39-42,47-54H2,1-2H3. The van der Waals surface area contributed by atoms with Crippen LogP contribution in [-0.4, -0.2) is 50.2 Å². The van der Waals surface area contributed by atoms with Gasteiger partial charge in [-0.3, -0.25) is 9.59 Å². The highest BCUT2D eigenvalue weighted by Gasteiger charge is 2.37. The van der Waals surface area contributed by atoms with Crippen molar-refractivity contribution in [3.8, 4) is 0 Å². The van der Waals surface area contributed by atoms with E-state index < -0.39 is 0 Å². The molecular weight excluding hydrogens is 827 g/mol. The summed E-state index contributed by atoms with van der Waals surface area (Å²) in [7, 11) is 4.12. The first-order chi connectivity index (χ1) is 32.9. The Labute approximate surface area is 409 Å². The first-order valence-corrected chi connectivity index (χ1v) is 27.2. The van der Waals surface area contributed by atoms with Gasteiger partial charge in [0.15, 0.2) is 0 Å². The fourth-order valence-electron chi connectivity index (χ4n) is 8.82. The number of allylic oxidation sites excluding steroid dienone is 8. The molecule has 2 aromatic rings. The van der Waals surface area contributed by atoms with E-state index in [1.807, 2.05) is 36.4 Å². The second-order valence-electron chi connectivity index (χ2n) is 20.3. The van der Waals surface area contributed by atoms with Crippen molar-refractivity contribution in [2.75, 3.05) is 27.2 Å². The number of nitrogens with zero attached hydrogens (tertiary/aromatic N) is 1. The molecule has 1 atom stereocenters. The van der Waals surface area contributed by atoms with Crippen LogP contribution in [0.5, 0.6) is 0 Å². The van der Waals surface area contributed by atoms with Crippen LogP contribution >= 0.6 is 0 Å². The Kier molecular flexibility index (Phi) is 29.5. The van der Waals surface area contributed by atoms with E-state index in [9.17, 15) is 9.59 Å². The number of ether oxygens (including phenoxy) is 3. The summed E-state index contributed by atoms with van der Waals surface area (Å²) in [5, 5.41) is 0. The van der Waals surface area contributed by atoms with Crippen LogP contribution in [0.25, 0.3) is 0 Å². The molecule has 0 aromatic heterocycles. The van der Waals surface area contributed by atoms with E-state index in [0.29, 0.717) is 24.9 Å².